The number of amides is 1. The predicted molar refractivity (Wildman–Crippen MR) is 72.9 cm³/mol. The van der Waals surface area contributed by atoms with E-state index < -0.39 is 23.3 Å². The predicted octanol–water partition coefficient (Wildman–Crippen LogP) is 0.402. The first-order chi connectivity index (χ1) is 9.12. The molecule has 112 valence electrons. The molecule has 0 spiro atoms. The molecule has 1 aliphatic heterocycles. The van der Waals surface area contributed by atoms with Crippen LogP contribution in [0.1, 0.15) is 32.5 Å². The Balaban J connectivity index is 1.97. The molecule has 2 heterocycles. The number of likely N-dealkylation sites (tertiary alicyclic amines) is 1. The van der Waals surface area contributed by atoms with Gasteiger partial charge < -0.3 is 20.5 Å². The van der Waals surface area contributed by atoms with E-state index in [2.05, 4.69) is 5.10 Å². The number of hydrogen-bond donors (Lipinski definition) is 2. The summed E-state index contributed by atoms with van der Waals surface area (Å²) in [6, 6.07) is 1.17. The zero-order chi connectivity index (χ0) is 15.1. The number of β-amino-alcohol motifs (C(OH)–C–C–N with tert-alkyl or cyclic N) is 1. The van der Waals surface area contributed by atoms with Crippen molar-refractivity contribution in [3.8, 4) is 0 Å². The van der Waals surface area contributed by atoms with Crippen LogP contribution in [0.15, 0.2) is 12.3 Å². The third-order valence-corrected chi connectivity index (χ3v) is 3.34. The van der Waals surface area contributed by atoms with E-state index in [4.69, 9.17) is 10.5 Å². The molecule has 1 aliphatic rings. The van der Waals surface area contributed by atoms with Crippen LogP contribution in [0.2, 0.25) is 0 Å². The maximum Gasteiger partial charge on any atom is 0.410 e. The van der Waals surface area contributed by atoms with E-state index in [1.165, 1.54) is 4.90 Å². The van der Waals surface area contributed by atoms with E-state index in [1.54, 1.807) is 44.8 Å². The number of nitrogens with two attached hydrogens (primary N) is 1. The first-order valence-corrected chi connectivity index (χ1v) is 6.56. The molecule has 1 fully saturated rings. The summed E-state index contributed by atoms with van der Waals surface area (Å²) in [6.07, 6.45) is 1.20. The van der Waals surface area contributed by atoms with Gasteiger partial charge in [-0.15, -0.1) is 0 Å². The normalized spacial score (nSPS) is 19.4. The van der Waals surface area contributed by atoms with E-state index >= 15 is 0 Å². The third kappa shape index (κ3) is 2.78. The highest BCUT2D eigenvalue weighted by molar-refractivity contribution is 5.69. The van der Waals surface area contributed by atoms with E-state index in [9.17, 15) is 9.90 Å². The molecule has 3 N–H and O–H groups in total. The zero-order valence-electron chi connectivity index (χ0n) is 12.3. The number of carbonyl (C=O) groups is 1. The van der Waals surface area contributed by atoms with E-state index in [-0.39, 0.29) is 13.1 Å². The molecule has 0 aromatic carbocycles. The Morgan fingerprint density at radius 3 is 2.60 bits per heavy atom. The van der Waals surface area contributed by atoms with Gasteiger partial charge in [0.1, 0.15) is 11.2 Å². The highest BCUT2D eigenvalue weighted by Gasteiger charge is 2.50. The molecule has 20 heavy (non-hydrogen) atoms. The van der Waals surface area contributed by atoms with Crippen molar-refractivity contribution in [2.24, 2.45) is 12.8 Å². The fraction of sp³-hybridized carbons (Fsp3) is 0.692. The lowest BCUT2D eigenvalue weighted by atomic mass is 9.85. The molecule has 1 atom stereocenters. The second-order valence-corrected chi connectivity index (χ2v) is 6.30. The summed E-state index contributed by atoms with van der Waals surface area (Å²) in [5.74, 6) is 0. The van der Waals surface area contributed by atoms with Crippen LogP contribution in [0.25, 0.3) is 0 Å². The molecule has 1 aromatic heterocycles. The van der Waals surface area contributed by atoms with Crippen molar-refractivity contribution < 1.29 is 14.6 Å². The molecule has 7 heteroatoms. The van der Waals surface area contributed by atoms with Crippen LogP contribution in [0, 0.1) is 0 Å². The fourth-order valence-electron chi connectivity index (χ4n) is 2.23. The van der Waals surface area contributed by atoms with Gasteiger partial charge in [0.05, 0.1) is 24.8 Å². The van der Waals surface area contributed by atoms with Crippen molar-refractivity contribution >= 4 is 6.09 Å². The third-order valence-electron chi connectivity index (χ3n) is 3.34. The minimum Gasteiger partial charge on any atom is -0.444 e. The van der Waals surface area contributed by atoms with Crippen molar-refractivity contribution in [1.82, 2.24) is 14.7 Å². The molecule has 1 amide bonds. The summed E-state index contributed by atoms with van der Waals surface area (Å²) in [5, 5.41) is 14.5. The summed E-state index contributed by atoms with van der Waals surface area (Å²) >= 11 is 0. The molecule has 0 radical (unpaired) electrons. The van der Waals surface area contributed by atoms with Crippen LogP contribution < -0.4 is 5.73 Å². The average Bonchev–Trinajstić information content (AvgIpc) is 2.67. The number of aryl methyl sites for hydroxylation is 1. The largest absolute Gasteiger partial charge is 0.444 e. The summed E-state index contributed by atoms with van der Waals surface area (Å²) < 4.78 is 6.87. The maximum atomic E-state index is 11.8. The molecule has 2 rings (SSSR count). The van der Waals surface area contributed by atoms with Gasteiger partial charge in [-0.2, -0.15) is 5.10 Å². The molecule has 1 unspecified atom stereocenters. The first kappa shape index (κ1) is 14.8. The lowest BCUT2D eigenvalue weighted by molar-refractivity contribution is -0.114. The molecule has 0 bridgehead atoms. The molecule has 0 saturated carbocycles. The van der Waals surface area contributed by atoms with E-state index in [0.29, 0.717) is 0 Å². The van der Waals surface area contributed by atoms with Crippen LogP contribution in [0.5, 0.6) is 0 Å². The van der Waals surface area contributed by atoms with Crippen LogP contribution in [-0.2, 0) is 11.8 Å². The zero-order valence-corrected chi connectivity index (χ0v) is 12.3. The van der Waals surface area contributed by atoms with Crippen molar-refractivity contribution in [3.63, 3.8) is 0 Å². The number of rotatable bonds is 2. The molecular formula is C13H22N4O3. The molecular weight excluding hydrogens is 260 g/mol. The van der Waals surface area contributed by atoms with E-state index in [1.807, 2.05) is 0 Å². The number of ether oxygens (including phenoxy) is 1. The lowest BCUT2D eigenvalue weighted by Gasteiger charge is -2.49. The standard InChI is InChI=1S/C13H22N4O3/c1-12(2,3)20-11(18)17-7-13(19,8-17)10(14)9-5-6-15-16(9)4/h5-6,10,19H,7-8,14H2,1-4H3. The van der Waals surface area contributed by atoms with Crippen LogP contribution in [-0.4, -0.2) is 50.2 Å². The van der Waals surface area contributed by atoms with Crippen LogP contribution in [0.3, 0.4) is 0 Å². The van der Waals surface area contributed by atoms with Gasteiger partial charge >= 0.3 is 6.09 Å². The maximum absolute atomic E-state index is 11.8. The SMILES string of the molecule is Cn1nccc1C(N)C1(O)CN(C(=O)OC(C)(C)C)C1. The Morgan fingerprint density at radius 1 is 1.55 bits per heavy atom. The van der Waals surface area contributed by atoms with Crippen molar-refractivity contribution in [1.29, 1.82) is 0 Å². The van der Waals surface area contributed by atoms with Crippen molar-refractivity contribution in [2.45, 2.75) is 38.0 Å². The van der Waals surface area contributed by atoms with Gasteiger partial charge in [-0.3, -0.25) is 4.68 Å². The van der Waals surface area contributed by atoms with Crippen LogP contribution >= 0.6 is 0 Å². The topological polar surface area (TPSA) is 93.6 Å². The Bertz CT molecular complexity index is 500. The van der Waals surface area contributed by atoms with Gasteiger partial charge in [0.15, 0.2) is 0 Å². The number of aromatic nitrogens is 2. The monoisotopic (exact) mass is 282 g/mol. The second-order valence-electron chi connectivity index (χ2n) is 6.30. The molecule has 0 aliphatic carbocycles. The van der Waals surface area contributed by atoms with Gasteiger partial charge in [-0.1, -0.05) is 0 Å². The Hall–Kier alpha value is -1.60. The number of carbonyl (C=O) groups excluding carboxylic acids is 1. The Labute approximate surface area is 118 Å². The fourth-order valence-corrected chi connectivity index (χ4v) is 2.23. The molecule has 1 saturated heterocycles. The van der Waals surface area contributed by atoms with Crippen molar-refractivity contribution in [2.75, 3.05) is 13.1 Å². The quantitative estimate of drug-likeness (QED) is 0.819. The minimum absolute atomic E-state index is 0.161. The highest BCUT2D eigenvalue weighted by Crippen LogP contribution is 2.33. The van der Waals surface area contributed by atoms with Gasteiger partial charge in [0.25, 0.3) is 0 Å². The highest BCUT2D eigenvalue weighted by atomic mass is 16.6. The Kier molecular flexibility index (Phi) is 3.51. The molecule has 7 nitrogen and oxygen atoms in total. The Morgan fingerprint density at radius 2 is 2.15 bits per heavy atom. The lowest BCUT2D eigenvalue weighted by Crippen LogP contribution is -2.68. The number of aliphatic hydroxyl groups is 1. The van der Waals surface area contributed by atoms with E-state index in [0.717, 1.165) is 5.69 Å². The van der Waals surface area contributed by atoms with Crippen molar-refractivity contribution in [3.05, 3.63) is 18.0 Å². The summed E-state index contributed by atoms with van der Waals surface area (Å²) in [7, 11) is 1.77. The summed E-state index contributed by atoms with van der Waals surface area (Å²) in [5.41, 5.74) is 5.13. The summed E-state index contributed by atoms with van der Waals surface area (Å²) in [6.45, 7) is 5.73. The number of nitrogens with zero attached hydrogens (tertiary/aromatic N) is 3. The van der Waals surface area contributed by atoms with Gasteiger partial charge in [0, 0.05) is 13.2 Å². The first-order valence-electron chi connectivity index (χ1n) is 6.56. The van der Waals surface area contributed by atoms with Crippen LogP contribution in [0.4, 0.5) is 4.79 Å². The second kappa shape index (κ2) is 4.75. The van der Waals surface area contributed by atoms with Gasteiger partial charge in [-0.05, 0) is 26.8 Å². The average molecular weight is 282 g/mol. The minimum atomic E-state index is -1.13. The smallest absolute Gasteiger partial charge is 0.410 e. The molecule has 1 aromatic rings. The van der Waals surface area contributed by atoms with Gasteiger partial charge in [-0.25, -0.2) is 4.79 Å². The number of hydrogen-bond acceptors (Lipinski definition) is 5. The summed E-state index contributed by atoms with van der Waals surface area (Å²) in [4.78, 5) is 13.3. The van der Waals surface area contributed by atoms with Gasteiger partial charge in [0.2, 0.25) is 0 Å².